The molecule has 0 unspecified atom stereocenters. The first kappa shape index (κ1) is 26.2. The van der Waals surface area contributed by atoms with Gasteiger partial charge in [-0.15, -0.1) is 15.3 Å². The number of halogens is 1. The van der Waals surface area contributed by atoms with Crippen molar-refractivity contribution in [2.75, 3.05) is 6.54 Å². The van der Waals surface area contributed by atoms with Gasteiger partial charge in [0.05, 0.1) is 36.9 Å². The van der Waals surface area contributed by atoms with E-state index in [4.69, 9.17) is 9.72 Å². The fraction of sp³-hybridized carbons (Fsp3) is 0.414. The highest BCUT2D eigenvalue weighted by Crippen LogP contribution is 2.69. The number of amides is 1. The summed E-state index contributed by atoms with van der Waals surface area (Å²) in [4.78, 5) is 23.9. The molecule has 0 aliphatic heterocycles. The number of aromatic nitrogens is 9. The molecule has 3 fully saturated rings. The highest BCUT2D eigenvalue weighted by atomic mass is 19.1. The van der Waals surface area contributed by atoms with E-state index in [1.54, 1.807) is 39.2 Å². The van der Waals surface area contributed by atoms with Crippen LogP contribution in [0, 0.1) is 5.41 Å². The summed E-state index contributed by atoms with van der Waals surface area (Å²) < 4.78 is 25.3. The number of fused-ring (bicyclic) bond motifs is 1. The van der Waals surface area contributed by atoms with Crippen molar-refractivity contribution < 1.29 is 13.9 Å². The van der Waals surface area contributed by atoms with Gasteiger partial charge in [0.15, 0.2) is 0 Å². The van der Waals surface area contributed by atoms with Gasteiger partial charge in [-0.25, -0.2) is 18.9 Å². The molecule has 0 N–H and O–H groups in total. The molecule has 3 aliphatic carbocycles. The third-order valence-corrected chi connectivity index (χ3v) is 7.79. The molecule has 5 aromatic heterocycles. The van der Waals surface area contributed by atoms with Gasteiger partial charge in [0.2, 0.25) is 0 Å². The van der Waals surface area contributed by atoms with Gasteiger partial charge in [-0.2, -0.15) is 0 Å². The molecule has 12 nitrogen and oxygen atoms in total. The molecule has 0 radical (unpaired) electrons. The Balaban J connectivity index is 1.06. The third kappa shape index (κ3) is 5.10. The summed E-state index contributed by atoms with van der Waals surface area (Å²) in [5, 5.41) is 16.3. The Kier molecular flexibility index (Phi) is 5.89. The molecule has 3 saturated carbocycles. The Bertz CT molecular complexity index is 1750. The second kappa shape index (κ2) is 9.43. The van der Waals surface area contributed by atoms with Gasteiger partial charge in [-0.1, -0.05) is 11.3 Å². The maximum Gasteiger partial charge on any atom is 0.410 e. The van der Waals surface area contributed by atoms with Gasteiger partial charge >= 0.3 is 6.09 Å². The van der Waals surface area contributed by atoms with Gasteiger partial charge in [0, 0.05) is 30.7 Å². The van der Waals surface area contributed by atoms with E-state index in [0.29, 0.717) is 44.6 Å². The Morgan fingerprint density at radius 2 is 1.88 bits per heavy atom. The molecule has 42 heavy (non-hydrogen) atoms. The number of pyridine rings is 2. The minimum absolute atomic E-state index is 0.122. The molecular formula is C29H31FN10O2. The molecular weight excluding hydrogens is 539 g/mol. The number of rotatable bonds is 8. The summed E-state index contributed by atoms with van der Waals surface area (Å²) in [7, 11) is 0. The van der Waals surface area contributed by atoms with E-state index in [1.165, 1.54) is 0 Å². The zero-order valence-corrected chi connectivity index (χ0v) is 23.7. The van der Waals surface area contributed by atoms with Crippen molar-refractivity contribution in [2.45, 2.75) is 64.4 Å². The first-order valence-electron chi connectivity index (χ1n) is 13.9. The van der Waals surface area contributed by atoms with Crippen molar-refractivity contribution in [2.24, 2.45) is 5.41 Å². The molecule has 2 bridgehead atoms. The van der Waals surface area contributed by atoms with E-state index < -0.39 is 11.3 Å². The van der Waals surface area contributed by atoms with Crippen LogP contribution in [-0.4, -0.2) is 72.9 Å². The zero-order chi connectivity index (χ0) is 29.1. The van der Waals surface area contributed by atoms with Gasteiger partial charge in [-0.3, -0.25) is 9.55 Å². The normalized spacial score (nSPS) is 21.1. The number of ether oxygens (including phenoxy) is 1. The van der Waals surface area contributed by atoms with E-state index in [2.05, 4.69) is 25.5 Å². The maximum atomic E-state index is 14.2. The number of carbonyl (C=O) groups excluding carboxylic acids is 1. The van der Waals surface area contributed by atoms with Crippen LogP contribution in [0.3, 0.4) is 0 Å². The van der Waals surface area contributed by atoms with Crippen LogP contribution in [0.2, 0.25) is 0 Å². The van der Waals surface area contributed by atoms with Gasteiger partial charge in [0.25, 0.3) is 0 Å². The van der Waals surface area contributed by atoms with Crippen LogP contribution in [0.15, 0.2) is 61.8 Å². The Morgan fingerprint density at radius 3 is 2.62 bits per heavy atom. The molecule has 0 atom stereocenters. The van der Waals surface area contributed by atoms with Crippen molar-refractivity contribution in [3.8, 4) is 16.9 Å². The van der Waals surface area contributed by atoms with Crippen molar-refractivity contribution in [1.29, 1.82) is 0 Å². The molecule has 0 spiro atoms. The topological polar surface area (TPSA) is 121 Å². The molecule has 216 valence electrons. The average Bonchev–Trinajstić information content (AvgIpc) is 3.67. The number of hydrogen-bond acceptors (Lipinski definition) is 8. The average molecular weight is 571 g/mol. The van der Waals surface area contributed by atoms with Gasteiger partial charge < -0.3 is 14.0 Å². The summed E-state index contributed by atoms with van der Waals surface area (Å²) >= 11 is 0. The Labute approximate surface area is 241 Å². The second-order valence-corrected chi connectivity index (χ2v) is 12.7. The fourth-order valence-corrected chi connectivity index (χ4v) is 6.14. The predicted octanol–water partition coefficient (Wildman–Crippen LogP) is 4.25. The lowest BCUT2D eigenvalue weighted by Crippen LogP contribution is -2.68. The van der Waals surface area contributed by atoms with Crippen molar-refractivity contribution in [1.82, 2.24) is 49.0 Å². The smallest absolute Gasteiger partial charge is 0.410 e. The first-order valence-corrected chi connectivity index (χ1v) is 13.9. The molecule has 1 amide bonds. The monoisotopic (exact) mass is 570 g/mol. The highest BCUT2D eigenvalue weighted by Gasteiger charge is 2.69. The molecule has 5 aromatic rings. The van der Waals surface area contributed by atoms with Crippen LogP contribution in [0.5, 0.6) is 0 Å². The molecule has 8 rings (SSSR count). The van der Waals surface area contributed by atoms with Crippen LogP contribution < -0.4 is 0 Å². The summed E-state index contributed by atoms with van der Waals surface area (Å²) in [6.45, 7) is 6.85. The Hall–Kier alpha value is -4.68. The highest BCUT2D eigenvalue weighted by molar-refractivity contribution is 5.68. The van der Waals surface area contributed by atoms with E-state index in [9.17, 15) is 9.18 Å². The lowest BCUT2D eigenvalue weighted by atomic mass is 9.42. The van der Waals surface area contributed by atoms with Crippen molar-refractivity contribution in [3.05, 3.63) is 73.1 Å². The molecule has 0 aromatic carbocycles. The van der Waals surface area contributed by atoms with E-state index in [1.807, 2.05) is 62.0 Å². The van der Waals surface area contributed by atoms with E-state index >= 15 is 0 Å². The van der Waals surface area contributed by atoms with Crippen LogP contribution in [0.4, 0.5) is 9.18 Å². The lowest BCUT2D eigenvalue weighted by molar-refractivity contribution is -0.220. The van der Waals surface area contributed by atoms with Crippen LogP contribution in [0.1, 0.15) is 51.3 Å². The standard InChI is InChI=1S/C29H31FN10O2/c1-27(2,3)42-26(41)38(17-28-14-29(30,15-28)16-28)10-20-4-5-25-34-22(11-37(25)9-20)12-40-13-24(35-36-40)21-6-23(8-31-7-21)39-18-32-33-19-39/h4-9,11,13,18-19H,10,12,14-17H2,1-3H3. The molecule has 0 saturated heterocycles. The summed E-state index contributed by atoms with van der Waals surface area (Å²) in [5.74, 6) is 0. The maximum absolute atomic E-state index is 14.2. The first-order chi connectivity index (χ1) is 20.0. The third-order valence-electron chi connectivity index (χ3n) is 7.79. The molecule has 3 aliphatic rings. The summed E-state index contributed by atoms with van der Waals surface area (Å²) in [6.07, 6.45) is 13.6. The largest absolute Gasteiger partial charge is 0.444 e. The fourth-order valence-electron chi connectivity index (χ4n) is 6.14. The quantitative estimate of drug-likeness (QED) is 0.272. The number of nitrogens with zero attached hydrogens (tertiary/aromatic N) is 10. The van der Waals surface area contributed by atoms with Crippen LogP contribution >= 0.6 is 0 Å². The van der Waals surface area contributed by atoms with Crippen LogP contribution in [-0.2, 0) is 17.8 Å². The number of imidazole rings is 1. The van der Waals surface area contributed by atoms with E-state index in [0.717, 1.165) is 28.2 Å². The number of carbonyl (C=O) groups is 1. The second-order valence-electron chi connectivity index (χ2n) is 12.7. The predicted molar refractivity (Wildman–Crippen MR) is 149 cm³/mol. The minimum atomic E-state index is -1.02. The number of hydrogen-bond donors (Lipinski definition) is 0. The SMILES string of the molecule is CC(C)(C)OC(=O)N(Cc1ccc2nc(Cn3cc(-c4cncc(-n5cnnc5)c4)nn3)cn2c1)CC12CC(F)(C1)C2. The number of alkyl halides is 1. The van der Waals surface area contributed by atoms with Gasteiger partial charge in [0.1, 0.15) is 35.3 Å². The summed E-state index contributed by atoms with van der Waals surface area (Å²) in [6, 6.07) is 5.84. The Morgan fingerprint density at radius 1 is 1.10 bits per heavy atom. The van der Waals surface area contributed by atoms with Gasteiger partial charge in [-0.05, 0) is 63.1 Å². The lowest BCUT2D eigenvalue weighted by Gasteiger charge is -2.66. The molecule has 5 heterocycles. The minimum Gasteiger partial charge on any atom is -0.444 e. The summed E-state index contributed by atoms with van der Waals surface area (Å²) in [5.41, 5.74) is 3.10. The van der Waals surface area contributed by atoms with Crippen LogP contribution in [0.25, 0.3) is 22.6 Å². The molecule has 13 heteroatoms. The van der Waals surface area contributed by atoms with Crippen molar-refractivity contribution in [3.63, 3.8) is 0 Å². The van der Waals surface area contributed by atoms with Crippen molar-refractivity contribution >= 4 is 11.7 Å². The zero-order valence-electron chi connectivity index (χ0n) is 23.7. The van der Waals surface area contributed by atoms with E-state index in [-0.39, 0.29) is 11.5 Å².